The molecule has 0 bridgehead atoms. The van der Waals surface area contributed by atoms with Crippen molar-refractivity contribution in [1.82, 2.24) is 30.0 Å². The molecule has 3 heterocycles. The monoisotopic (exact) mass is 349 g/mol. The van der Waals surface area contributed by atoms with Crippen molar-refractivity contribution in [3.8, 4) is 22.7 Å². The largest absolute Gasteiger partial charge is 0.507 e. The van der Waals surface area contributed by atoms with Gasteiger partial charge in [0.1, 0.15) is 11.4 Å². The molecule has 1 aromatic carbocycles. The van der Waals surface area contributed by atoms with Crippen molar-refractivity contribution in [3.05, 3.63) is 43.1 Å². The number of anilines is 1. The van der Waals surface area contributed by atoms with Crippen molar-refractivity contribution >= 4 is 5.95 Å². The predicted octanol–water partition coefficient (Wildman–Crippen LogP) is 1.08. The zero-order valence-electron chi connectivity index (χ0n) is 14.3. The summed E-state index contributed by atoms with van der Waals surface area (Å²) in [5.41, 5.74) is 1.99. The third kappa shape index (κ3) is 2.41. The minimum atomic E-state index is 0.135. The SMILES string of the molecule is CN(c1ncc(-c2ccc(-n3ccnc3)cc2O)nn1)[C@H]1[C@@H]2CNC[C@@H]21. The fourth-order valence-corrected chi connectivity index (χ4v) is 3.96. The number of phenolic OH excluding ortho intramolecular Hbond substituents is 1. The average molecular weight is 349 g/mol. The van der Waals surface area contributed by atoms with Gasteiger partial charge in [-0.1, -0.05) is 0 Å². The van der Waals surface area contributed by atoms with Crippen molar-refractivity contribution in [2.24, 2.45) is 11.8 Å². The summed E-state index contributed by atoms with van der Waals surface area (Å²) in [6.45, 7) is 2.14. The van der Waals surface area contributed by atoms with Crippen LogP contribution in [-0.2, 0) is 0 Å². The highest BCUT2D eigenvalue weighted by Crippen LogP contribution is 2.45. The van der Waals surface area contributed by atoms with Crippen molar-refractivity contribution in [3.63, 3.8) is 0 Å². The highest BCUT2D eigenvalue weighted by Gasteiger charge is 2.55. The number of fused-ring (bicyclic) bond motifs is 1. The van der Waals surface area contributed by atoms with E-state index in [2.05, 4.69) is 30.4 Å². The Balaban J connectivity index is 1.37. The lowest BCUT2D eigenvalue weighted by molar-refractivity contribution is 0.476. The highest BCUT2D eigenvalue weighted by molar-refractivity contribution is 5.68. The van der Waals surface area contributed by atoms with E-state index < -0.39 is 0 Å². The lowest BCUT2D eigenvalue weighted by Crippen LogP contribution is -2.31. The lowest BCUT2D eigenvalue weighted by atomic mass is 10.1. The Bertz CT molecular complexity index is 915. The molecule has 1 saturated carbocycles. The van der Waals surface area contributed by atoms with E-state index in [-0.39, 0.29) is 5.75 Å². The van der Waals surface area contributed by atoms with Gasteiger partial charge >= 0.3 is 0 Å². The van der Waals surface area contributed by atoms with E-state index in [0.717, 1.165) is 18.8 Å². The first-order valence-electron chi connectivity index (χ1n) is 8.67. The van der Waals surface area contributed by atoms with Gasteiger partial charge in [-0.2, -0.15) is 0 Å². The third-order valence-corrected chi connectivity index (χ3v) is 5.42. The number of imidazole rings is 1. The van der Waals surface area contributed by atoms with Crippen LogP contribution in [0.4, 0.5) is 5.95 Å². The second-order valence-electron chi connectivity index (χ2n) is 6.90. The zero-order valence-corrected chi connectivity index (χ0v) is 14.3. The van der Waals surface area contributed by atoms with Gasteiger partial charge in [0.05, 0.1) is 18.2 Å². The van der Waals surface area contributed by atoms with Gasteiger partial charge in [0.15, 0.2) is 0 Å². The van der Waals surface area contributed by atoms with Gasteiger partial charge in [-0.05, 0) is 24.0 Å². The van der Waals surface area contributed by atoms with Crippen LogP contribution in [0.1, 0.15) is 0 Å². The molecule has 2 aromatic heterocycles. The molecule has 0 amide bonds. The molecule has 0 radical (unpaired) electrons. The van der Waals surface area contributed by atoms with Gasteiger partial charge in [0.2, 0.25) is 5.95 Å². The standard InChI is InChI=1S/C18H19N7O/c1-24(17-13-7-20-8-14(13)17)18-21-9-15(22-23-18)12-3-2-11(6-16(12)26)25-5-4-19-10-25/h2-6,9-10,13-14,17,20,26H,7-8H2,1H3/t13-,14+,17+. The van der Waals surface area contributed by atoms with Crippen molar-refractivity contribution in [2.75, 3.05) is 25.0 Å². The number of nitrogens with one attached hydrogen (secondary N) is 1. The third-order valence-electron chi connectivity index (χ3n) is 5.42. The molecular weight excluding hydrogens is 330 g/mol. The Morgan fingerprint density at radius 3 is 2.73 bits per heavy atom. The zero-order chi connectivity index (χ0) is 17.7. The minimum absolute atomic E-state index is 0.135. The molecule has 3 atom stereocenters. The fraction of sp³-hybridized carbons (Fsp3) is 0.333. The maximum Gasteiger partial charge on any atom is 0.245 e. The molecule has 8 heteroatoms. The Morgan fingerprint density at radius 1 is 1.23 bits per heavy atom. The first-order chi connectivity index (χ1) is 12.7. The van der Waals surface area contributed by atoms with Gasteiger partial charge in [-0.25, -0.2) is 9.97 Å². The normalized spacial score (nSPS) is 23.7. The smallest absolute Gasteiger partial charge is 0.245 e. The molecule has 0 spiro atoms. The van der Waals surface area contributed by atoms with E-state index in [1.165, 1.54) is 0 Å². The van der Waals surface area contributed by atoms with Gasteiger partial charge in [0, 0.05) is 50.2 Å². The van der Waals surface area contributed by atoms with Crippen molar-refractivity contribution in [2.45, 2.75) is 6.04 Å². The van der Waals surface area contributed by atoms with E-state index in [0.29, 0.717) is 35.1 Å². The topological polar surface area (TPSA) is 92.0 Å². The first kappa shape index (κ1) is 15.3. The minimum Gasteiger partial charge on any atom is -0.507 e. The van der Waals surface area contributed by atoms with Gasteiger partial charge in [0.25, 0.3) is 0 Å². The molecule has 2 aliphatic rings. The van der Waals surface area contributed by atoms with Crippen LogP contribution in [0.15, 0.2) is 43.1 Å². The van der Waals surface area contributed by atoms with E-state index in [1.54, 1.807) is 24.8 Å². The Labute approximate surface area is 150 Å². The number of hydrogen-bond donors (Lipinski definition) is 2. The van der Waals surface area contributed by atoms with Gasteiger partial charge in [-0.3, -0.25) is 0 Å². The molecule has 1 saturated heterocycles. The van der Waals surface area contributed by atoms with Crippen LogP contribution in [-0.4, -0.2) is 56.0 Å². The average Bonchev–Trinajstić information content (AvgIpc) is 3.07. The summed E-state index contributed by atoms with van der Waals surface area (Å²) in [6, 6.07) is 5.90. The molecule has 26 heavy (non-hydrogen) atoms. The molecule has 8 nitrogen and oxygen atoms in total. The molecule has 3 aromatic rings. The number of phenols is 1. The summed E-state index contributed by atoms with van der Waals surface area (Å²) < 4.78 is 1.83. The summed E-state index contributed by atoms with van der Waals surface area (Å²) in [5, 5.41) is 22.3. The van der Waals surface area contributed by atoms with E-state index in [9.17, 15) is 5.11 Å². The fourth-order valence-electron chi connectivity index (χ4n) is 3.96. The summed E-state index contributed by atoms with van der Waals surface area (Å²) in [7, 11) is 2.02. The van der Waals surface area contributed by atoms with Crippen LogP contribution >= 0.6 is 0 Å². The second kappa shape index (κ2) is 5.77. The summed E-state index contributed by atoms with van der Waals surface area (Å²) >= 11 is 0. The van der Waals surface area contributed by atoms with Crippen LogP contribution in [0.5, 0.6) is 5.75 Å². The van der Waals surface area contributed by atoms with Crippen LogP contribution < -0.4 is 10.2 Å². The van der Waals surface area contributed by atoms with Gasteiger partial charge in [-0.15, -0.1) is 10.2 Å². The van der Waals surface area contributed by atoms with Crippen LogP contribution in [0, 0.1) is 11.8 Å². The number of aromatic hydroxyl groups is 1. The maximum atomic E-state index is 10.4. The molecular formula is C18H19N7O. The number of piperidine rings is 1. The Hall–Kier alpha value is -3.00. The molecule has 1 aliphatic carbocycles. The van der Waals surface area contributed by atoms with Crippen molar-refractivity contribution in [1.29, 1.82) is 0 Å². The second-order valence-corrected chi connectivity index (χ2v) is 6.90. The number of rotatable bonds is 4. The van der Waals surface area contributed by atoms with Gasteiger partial charge < -0.3 is 19.9 Å². The first-order valence-corrected chi connectivity index (χ1v) is 8.67. The molecule has 132 valence electrons. The number of hydrogen-bond acceptors (Lipinski definition) is 7. The summed E-state index contributed by atoms with van der Waals surface area (Å²) in [5.74, 6) is 2.16. The predicted molar refractivity (Wildman–Crippen MR) is 96.1 cm³/mol. The van der Waals surface area contributed by atoms with E-state index >= 15 is 0 Å². The summed E-state index contributed by atoms with van der Waals surface area (Å²) in [6.07, 6.45) is 6.87. The molecule has 2 fully saturated rings. The lowest BCUT2D eigenvalue weighted by Gasteiger charge is -2.18. The molecule has 1 aliphatic heterocycles. The molecule has 5 rings (SSSR count). The number of benzene rings is 1. The van der Waals surface area contributed by atoms with Crippen LogP contribution in [0.2, 0.25) is 0 Å². The van der Waals surface area contributed by atoms with E-state index in [4.69, 9.17) is 0 Å². The Morgan fingerprint density at radius 2 is 2.08 bits per heavy atom. The summed E-state index contributed by atoms with van der Waals surface area (Å²) in [4.78, 5) is 10.6. The van der Waals surface area contributed by atoms with Crippen LogP contribution in [0.3, 0.4) is 0 Å². The quantitative estimate of drug-likeness (QED) is 0.728. The highest BCUT2D eigenvalue weighted by atomic mass is 16.3. The van der Waals surface area contributed by atoms with Crippen molar-refractivity contribution < 1.29 is 5.11 Å². The Kier molecular flexibility index (Phi) is 3.39. The molecule has 0 unspecified atom stereocenters. The van der Waals surface area contributed by atoms with Crippen LogP contribution in [0.25, 0.3) is 16.9 Å². The number of aromatic nitrogens is 5. The maximum absolute atomic E-state index is 10.4. The number of nitrogens with zero attached hydrogens (tertiary/aromatic N) is 6. The van der Waals surface area contributed by atoms with E-state index in [1.807, 2.05) is 29.9 Å². The molecule has 2 N–H and O–H groups in total.